The van der Waals surface area contributed by atoms with Crippen LogP contribution in [0.5, 0.6) is 5.75 Å². The molecule has 0 radical (unpaired) electrons. The molecule has 0 spiro atoms. The number of hydrogen-bond acceptors (Lipinski definition) is 4. The molecule has 2 rings (SSSR count). The first kappa shape index (κ1) is 13.5. The molecule has 0 aliphatic heterocycles. The van der Waals surface area contributed by atoms with Crippen molar-refractivity contribution in [1.82, 2.24) is 15.8 Å². The Hall–Kier alpha value is -2.89. The van der Waals surface area contributed by atoms with Crippen LogP contribution in [0.15, 0.2) is 42.5 Å². The van der Waals surface area contributed by atoms with E-state index in [1.54, 1.807) is 31.2 Å². The van der Waals surface area contributed by atoms with Gasteiger partial charge in [0.15, 0.2) is 0 Å². The fourth-order valence-electron chi connectivity index (χ4n) is 1.58. The Kier molecular flexibility index (Phi) is 3.95. The van der Waals surface area contributed by atoms with Crippen molar-refractivity contribution in [3.63, 3.8) is 0 Å². The van der Waals surface area contributed by atoms with Crippen LogP contribution >= 0.6 is 0 Å². The van der Waals surface area contributed by atoms with Gasteiger partial charge in [0.05, 0.1) is 5.56 Å². The molecule has 1 heterocycles. The molecule has 102 valence electrons. The van der Waals surface area contributed by atoms with E-state index in [-0.39, 0.29) is 17.0 Å². The maximum absolute atomic E-state index is 11.8. The van der Waals surface area contributed by atoms with Gasteiger partial charge in [0, 0.05) is 5.69 Å². The quantitative estimate of drug-likeness (QED) is 0.715. The summed E-state index contributed by atoms with van der Waals surface area (Å²) in [6.45, 7) is 1.76. The van der Waals surface area contributed by atoms with E-state index in [0.717, 1.165) is 0 Å². The Labute approximate surface area is 115 Å². The van der Waals surface area contributed by atoms with Gasteiger partial charge < -0.3 is 5.11 Å². The van der Waals surface area contributed by atoms with Crippen LogP contribution in [-0.4, -0.2) is 21.9 Å². The molecular formula is C14H13N3O3. The van der Waals surface area contributed by atoms with Gasteiger partial charge >= 0.3 is 0 Å². The van der Waals surface area contributed by atoms with Gasteiger partial charge in [-0.25, -0.2) is 4.98 Å². The Morgan fingerprint density at radius 2 is 1.70 bits per heavy atom. The van der Waals surface area contributed by atoms with Gasteiger partial charge in [-0.3, -0.25) is 20.4 Å². The van der Waals surface area contributed by atoms with Crippen LogP contribution in [0.1, 0.15) is 26.5 Å². The number of nitrogens with one attached hydrogen (secondary N) is 2. The summed E-state index contributed by atoms with van der Waals surface area (Å²) in [6.07, 6.45) is 0. The third-order valence-corrected chi connectivity index (χ3v) is 2.56. The van der Waals surface area contributed by atoms with Crippen LogP contribution < -0.4 is 10.9 Å². The first-order chi connectivity index (χ1) is 9.58. The Bertz CT molecular complexity index is 656. The number of nitrogens with zero attached hydrogens (tertiary/aromatic N) is 1. The third kappa shape index (κ3) is 3.11. The van der Waals surface area contributed by atoms with Crippen LogP contribution in [0.2, 0.25) is 0 Å². The number of para-hydroxylation sites is 1. The lowest BCUT2D eigenvalue weighted by Crippen LogP contribution is -2.42. The Balaban J connectivity index is 2.01. The number of aryl methyl sites for hydroxylation is 1. The van der Waals surface area contributed by atoms with Crippen LogP contribution in [0.3, 0.4) is 0 Å². The Morgan fingerprint density at radius 3 is 2.40 bits per heavy atom. The zero-order valence-corrected chi connectivity index (χ0v) is 10.8. The second kappa shape index (κ2) is 5.83. The molecule has 6 nitrogen and oxygen atoms in total. The highest BCUT2D eigenvalue weighted by Crippen LogP contribution is 2.14. The number of aromatic nitrogens is 1. The number of phenols is 1. The summed E-state index contributed by atoms with van der Waals surface area (Å²) in [5, 5.41) is 9.51. The number of hydrogen-bond donors (Lipinski definition) is 3. The standard InChI is InChI=1S/C14H13N3O3/c1-9-5-4-7-11(15-9)14(20)17-16-13(19)10-6-2-3-8-12(10)18/h2-8,18H,1H3,(H,16,19)(H,17,20). The predicted molar refractivity (Wildman–Crippen MR) is 72.0 cm³/mol. The van der Waals surface area contributed by atoms with E-state index in [2.05, 4.69) is 15.8 Å². The Morgan fingerprint density at radius 1 is 1.00 bits per heavy atom. The van der Waals surface area contributed by atoms with Crippen molar-refractivity contribution < 1.29 is 14.7 Å². The molecule has 0 atom stereocenters. The van der Waals surface area contributed by atoms with Gasteiger partial charge in [-0.15, -0.1) is 0 Å². The molecule has 0 saturated carbocycles. The first-order valence-corrected chi connectivity index (χ1v) is 5.90. The average Bonchev–Trinajstić information content (AvgIpc) is 2.45. The predicted octanol–water partition coefficient (Wildman–Crippen LogP) is 1.17. The molecule has 3 N–H and O–H groups in total. The number of carbonyl (C=O) groups is 2. The SMILES string of the molecule is Cc1cccc(C(=O)NNC(=O)c2ccccc2O)n1. The van der Waals surface area contributed by atoms with Crippen LogP contribution in [0.4, 0.5) is 0 Å². The molecular weight excluding hydrogens is 258 g/mol. The van der Waals surface area contributed by atoms with Crippen molar-refractivity contribution in [1.29, 1.82) is 0 Å². The normalized spacial score (nSPS) is 9.85. The van der Waals surface area contributed by atoms with Gasteiger partial charge in [-0.2, -0.15) is 0 Å². The van der Waals surface area contributed by atoms with E-state index in [1.165, 1.54) is 18.2 Å². The molecule has 1 aromatic heterocycles. The maximum Gasteiger partial charge on any atom is 0.288 e. The summed E-state index contributed by atoms with van der Waals surface area (Å²) >= 11 is 0. The summed E-state index contributed by atoms with van der Waals surface area (Å²) in [7, 11) is 0. The van der Waals surface area contributed by atoms with Crippen LogP contribution in [-0.2, 0) is 0 Å². The fraction of sp³-hybridized carbons (Fsp3) is 0.0714. The van der Waals surface area contributed by atoms with E-state index >= 15 is 0 Å². The van der Waals surface area contributed by atoms with E-state index < -0.39 is 11.8 Å². The number of aromatic hydroxyl groups is 1. The van der Waals surface area contributed by atoms with Gasteiger partial charge in [0.2, 0.25) is 0 Å². The fourth-order valence-corrected chi connectivity index (χ4v) is 1.58. The lowest BCUT2D eigenvalue weighted by molar-refractivity contribution is 0.0842. The molecule has 1 aromatic carbocycles. The number of pyridine rings is 1. The molecule has 0 saturated heterocycles. The molecule has 6 heteroatoms. The van der Waals surface area contributed by atoms with Crippen molar-refractivity contribution in [3.8, 4) is 5.75 Å². The van der Waals surface area contributed by atoms with Gasteiger partial charge in [0.1, 0.15) is 11.4 Å². The van der Waals surface area contributed by atoms with E-state index in [1.807, 2.05) is 0 Å². The van der Waals surface area contributed by atoms with Crippen molar-refractivity contribution in [2.45, 2.75) is 6.92 Å². The number of hydrazine groups is 1. The zero-order valence-electron chi connectivity index (χ0n) is 10.8. The van der Waals surface area contributed by atoms with Crippen molar-refractivity contribution in [2.24, 2.45) is 0 Å². The molecule has 0 bridgehead atoms. The first-order valence-electron chi connectivity index (χ1n) is 5.90. The maximum atomic E-state index is 11.8. The minimum Gasteiger partial charge on any atom is -0.507 e. The molecule has 20 heavy (non-hydrogen) atoms. The summed E-state index contributed by atoms with van der Waals surface area (Å²) in [5.41, 5.74) is 5.43. The highest BCUT2D eigenvalue weighted by molar-refractivity contribution is 5.99. The van der Waals surface area contributed by atoms with Crippen molar-refractivity contribution in [3.05, 3.63) is 59.4 Å². The van der Waals surface area contributed by atoms with E-state index in [4.69, 9.17) is 0 Å². The van der Waals surface area contributed by atoms with Crippen LogP contribution in [0.25, 0.3) is 0 Å². The number of benzene rings is 1. The van der Waals surface area contributed by atoms with E-state index in [0.29, 0.717) is 5.69 Å². The zero-order chi connectivity index (χ0) is 14.5. The smallest absolute Gasteiger partial charge is 0.288 e. The monoisotopic (exact) mass is 271 g/mol. The molecule has 0 unspecified atom stereocenters. The minimum atomic E-state index is -0.607. The number of phenolic OH excluding ortho intramolecular Hbond substituents is 1. The minimum absolute atomic E-state index is 0.0741. The highest BCUT2D eigenvalue weighted by atomic mass is 16.3. The summed E-state index contributed by atoms with van der Waals surface area (Å²) in [4.78, 5) is 27.6. The number of carbonyl (C=O) groups excluding carboxylic acids is 2. The lowest BCUT2D eigenvalue weighted by Gasteiger charge is -2.08. The lowest BCUT2D eigenvalue weighted by atomic mass is 10.2. The summed E-state index contributed by atoms with van der Waals surface area (Å²) in [6, 6.07) is 11.0. The molecule has 0 aliphatic rings. The molecule has 2 amide bonds. The highest BCUT2D eigenvalue weighted by Gasteiger charge is 2.12. The second-order valence-corrected chi connectivity index (χ2v) is 4.09. The summed E-state index contributed by atoms with van der Waals surface area (Å²) in [5.74, 6) is -1.30. The van der Waals surface area contributed by atoms with Crippen molar-refractivity contribution in [2.75, 3.05) is 0 Å². The number of amides is 2. The average molecular weight is 271 g/mol. The molecule has 0 fully saturated rings. The molecule has 2 aromatic rings. The largest absolute Gasteiger partial charge is 0.507 e. The van der Waals surface area contributed by atoms with Crippen LogP contribution in [0, 0.1) is 6.92 Å². The summed E-state index contributed by atoms with van der Waals surface area (Å²) < 4.78 is 0. The van der Waals surface area contributed by atoms with Gasteiger partial charge in [0.25, 0.3) is 11.8 Å². The molecule has 0 aliphatic carbocycles. The van der Waals surface area contributed by atoms with Crippen molar-refractivity contribution >= 4 is 11.8 Å². The number of rotatable bonds is 2. The third-order valence-electron chi connectivity index (χ3n) is 2.56. The topological polar surface area (TPSA) is 91.3 Å². The second-order valence-electron chi connectivity index (χ2n) is 4.09. The van der Waals surface area contributed by atoms with E-state index in [9.17, 15) is 14.7 Å². The van der Waals surface area contributed by atoms with Gasteiger partial charge in [-0.1, -0.05) is 18.2 Å². The van der Waals surface area contributed by atoms with Gasteiger partial charge in [-0.05, 0) is 31.2 Å².